The maximum Gasteiger partial charge on any atom is 0.175 e. The predicted octanol–water partition coefficient (Wildman–Crippen LogP) is 4.44. The predicted molar refractivity (Wildman–Crippen MR) is 102 cm³/mol. The minimum Gasteiger partial charge on any atom is -0.493 e. The third kappa shape index (κ3) is 5.19. The molecule has 6 heteroatoms. The van der Waals surface area contributed by atoms with Gasteiger partial charge in [-0.2, -0.15) is 0 Å². The first-order valence-corrected chi connectivity index (χ1v) is 9.51. The topological polar surface area (TPSA) is 39.7 Å². The van der Waals surface area contributed by atoms with E-state index in [1.54, 1.807) is 19.2 Å². The van der Waals surface area contributed by atoms with Crippen LogP contribution in [0.3, 0.4) is 0 Å². The summed E-state index contributed by atoms with van der Waals surface area (Å²) in [6.07, 6.45) is 2.58. The van der Waals surface area contributed by atoms with E-state index in [2.05, 4.69) is 21.2 Å². The Morgan fingerprint density at radius 2 is 2.04 bits per heavy atom. The standard InChI is InChI=1S/C20H23BrFNO3/c1-24-19-10-15(11-23-12-17-3-2-8-25-17)9-18(21)20(19)26-13-14-4-6-16(22)7-5-14/h4-7,9-10,17,23H,2-3,8,11-13H2,1H3/t17-/m0/s1. The van der Waals surface area contributed by atoms with E-state index >= 15 is 0 Å². The molecule has 2 aromatic rings. The van der Waals surface area contributed by atoms with Gasteiger partial charge in [0, 0.05) is 19.7 Å². The number of halogens is 2. The smallest absolute Gasteiger partial charge is 0.175 e. The Balaban J connectivity index is 1.61. The molecule has 0 aliphatic carbocycles. The van der Waals surface area contributed by atoms with Crippen molar-refractivity contribution in [2.75, 3.05) is 20.3 Å². The first-order valence-electron chi connectivity index (χ1n) is 8.71. The normalized spacial score (nSPS) is 16.7. The molecule has 1 atom stereocenters. The quantitative estimate of drug-likeness (QED) is 0.680. The summed E-state index contributed by atoms with van der Waals surface area (Å²) in [6, 6.07) is 10.2. The fourth-order valence-corrected chi connectivity index (χ4v) is 3.54. The van der Waals surface area contributed by atoms with Crippen molar-refractivity contribution in [2.24, 2.45) is 0 Å². The zero-order valence-electron chi connectivity index (χ0n) is 14.8. The second kappa shape index (κ2) is 9.35. The van der Waals surface area contributed by atoms with Gasteiger partial charge in [-0.25, -0.2) is 4.39 Å². The molecule has 0 radical (unpaired) electrons. The molecule has 1 aliphatic rings. The van der Waals surface area contributed by atoms with Crippen molar-refractivity contribution < 1.29 is 18.6 Å². The summed E-state index contributed by atoms with van der Waals surface area (Å²) >= 11 is 3.56. The lowest BCUT2D eigenvalue weighted by Crippen LogP contribution is -2.25. The summed E-state index contributed by atoms with van der Waals surface area (Å²) in [5.41, 5.74) is 1.99. The van der Waals surface area contributed by atoms with Gasteiger partial charge in [0.15, 0.2) is 11.5 Å². The van der Waals surface area contributed by atoms with Crippen LogP contribution < -0.4 is 14.8 Å². The van der Waals surface area contributed by atoms with Crippen LogP contribution in [-0.4, -0.2) is 26.4 Å². The van der Waals surface area contributed by atoms with E-state index in [0.717, 1.165) is 48.1 Å². The molecule has 0 spiro atoms. The molecule has 140 valence electrons. The molecule has 1 aliphatic heterocycles. The number of nitrogens with one attached hydrogen (secondary N) is 1. The van der Waals surface area contributed by atoms with Crippen LogP contribution in [0.2, 0.25) is 0 Å². The zero-order valence-corrected chi connectivity index (χ0v) is 16.4. The third-order valence-electron chi connectivity index (χ3n) is 4.31. The second-order valence-corrected chi connectivity index (χ2v) is 7.14. The molecular weight excluding hydrogens is 401 g/mol. The molecule has 1 N–H and O–H groups in total. The van der Waals surface area contributed by atoms with Gasteiger partial charge in [-0.1, -0.05) is 12.1 Å². The molecule has 1 fully saturated rings. The number of hydrogen-bond acceptors (Lipinski definition) is 4. The lowest BCUT2D eigenvalue weighted by Gasteiger charge is -2.16. The Kier molecular flexibility index (Phi) is 6.88. The molecule has 0 aromatic heterocycles. The molecule has 1 heterocycles. The van der Waals surface area contributed by atoms with Crippen LogP contribution in [0.15, 0.2) is 40.9 Å². The second-order valence-electron chi connectivity index (χ2n) is 6.29. The van der Waals surface area contributed by atoms with E-state index in [9.17, 15) is 4.39 Å². The van der Waals surface area contributed by atoms with Gasteiger partial charge in [-0.05, 0) is 64.2 Å². The van der Waals surface area contributed by atoms with Crippen molar-refractivity contribution in [3.63, 3.8) is 0 Å². The maximum absolute atomic E-state index is 13.0. The van der Waals surface area contributed by atoms with E-state index in [-0.39, 0.29) is 5.82 Å². The lowest BCUT2D eigenvalue weighted by atomic mass is 10.2. The molecule has 1 saturated heterocycles. The van der Waals surface area contributed by atoms with Gasteiger partial charge < -0.3 is 19.5 Å². The monoisotopic (exact) mass is 423 g/mol. The first-order chi connectivity index (χ1) is 12.7. The fraction of sp³-hybridized carbons (Fsp3) is 0.400. The number of rotatable bonds is 8. The van der Waals surface area contributed by atoms with E-state index in [0.29, 0.717) is 24.2 Å². The summed E-state index contributed by atoms with van der Waals surface area (Å²) in [5.74, 6) is 1.04. The molecule has 0 saturated carbocycles. The van der Waals surface area contributed by atoms with Gasteiger partial charge in [-0.15, -0.1) is 0 Å². The zero-order chi connectivity index (χ0) is 18.4. The molecular formula is C20H23BrFNO3. The highest BCUT2D eigenvalue weighted by Crippen LogP contribution is 2.37. The number of methoxy groups -OCH3 is 1. The Morgan fingerprint density at radius 1 is 1.23 bits per heavy atom. The van der Waals surface area contributed by atoms with Crippen molar-refractivity contribution in [3.8, 4) is 11.5 Å². The summed E-state index contributed by atoms with van der Waals surface area (Å²) in [4.78, 5) is 0. The average molecular weight is 424 g/mol. The minimum absolute atomic E-state index is 0.257. The third-order valence-corrected chi connectivity index (χ3v) is 4.90. The highest BCUT2D eigenvalue weighted by Gasteiger charge is 2.16. The first kappa shape index (κ1) is 19.1. The summed E-state index contributed by atoms with van der Waals surface area (Å²) < 4.78 is 30.8. The van der Waals surface area contributed by atoms with Crippen molar-refractivity contribution >= 4 is 15.9 Å². The maximum atomic E-state index is 13.0. The van der Waals surface area contributed by atoms with E-state index < -0.39 is 0 Å². The van der Waals surface area contributed by atoms with Crippen molar-refractivity contribution in [2.45, 2.75) is 32.1 Å². The fourth-order valence-electron chi connectivity index (χ4n) is 2.93. The van der Waals surface area contributed by atoms with Gasteiger partial charge in [0.2, 0.25) is 0 Å². The Morgan fingerprint density at radius 3 is 2.73 bits per heavy atom. The molecule has 26 heavy (non-hydrogen) atoms. The van der Waals surface area contributed by atoms with Crippen molar-refractivity contribution in [1.82, 2.24) is 5.32 Å². The molecule has 3 rings (SSSR count). The van der Waals surface area contributed by atoms with Gasteiger partial charge in [0.1, 0.15) is 12.4 Å². The Bertz CT molecular complexity index is 718. The minimum atomic E-state index is -0.257. The number of ether oxygens (including phenoxy) is 3. The van der Waals surface area contributed by atoms with Gasteiger partial charge in [-0.3, -0.25) is 0 Å². The SMILES string of the molecule is COc1cc(CNC[C@@H]2CCCO2)cc(Br)c1OCc1ccc(F)cc1. The Labute approximate surface area is 161 Å². The highest BCUT2D eigenvalue weighted by molar-refractivity contribution is 9.10. The highest BCUT2D eigenvalue weighted by atomic mass is 79.9. The van der Waals surface area contributed by atoms with E-state index in [1.807, 2.05) is 12.1 Å². The van der Waals surface area contributed by atoms with E-state index in [1.165, 1.54) is 12.1 Å². The number of hydrogen-bond donors (Lipinski definition) is 1. The van der Waals surface area contributed by atoms with Gasteiger partial charge in [0.25, 0.3) is 0 Å². The lowest BCUT2D eigenvalue weighted by molar-refractivity contribution is 0.110. The van der Waals surface area contributed by atoms with Crippen molar-refractivity contribution in [3.05, 3.63) is 57.8 Å². The van der Waals surface area contributed by atoms with Crippen LogP contribution in [0.5, 0.6) is 11.5 Å². The van der Waals surface area contributed by atoms with Crippen LogP contribution in [0, 0.1) is 5.82 Å². The number of benzene rings is 2. The summed E-state index contributed by atoms with van der Waals surface area (Å²) in [6.45, 7) is 2.79. The molecule has 0 amide bonds. The van der Waals surface area contributed by atoms with Crippen LogP contribution in [0.25, 0.3) is 0 Å². The van der Waals surface area contributed by atoms with Crippen LogP contribution >= 0.6 is 15.9 Å². The summed E-state index contributed by atoms with van der Waals surface area (Å²) in [7, 11) is 1.62. The molecule has 0 bridgehead atoms. The van der Waals surface area contributed by atoms with Crippen LogP contribution in [0.1, 0.15) is 24.0 Å². The van der Waals surface area contributed by atoms with Gasteiger partial charge in [0.05, 0.1) is 17.7 Å². The van der Waals surface area contributed by atoms with Crippen LogP contribution in [-0.2, 0) is 17.9 Å². The van der Waals surface area contributed by atoms with Crippen LogP contribution in [0.4, 0.5) is 4.39 Å². The van der Waals surface area contributed by atoms with E-state index in [4.69, 9.17) is 14.2 Å². The van der Waals surface area contributed by atoms with Gasteiger partial charge >= 0.3 is 0 Å². The largest absolute Gasteiger partial charge is 0.493 e. The molecule has 0 unspecified atom stereocenters. The molecule has 4 nitrogen and oxygen atoms in total. The van der Waals surface area contributed by atoms with Crippen molar-refractivity contribution in [1.29, 1.82) is 0 Å². The Hall–Kier alpha value is -1.63. The molecule has 2 aromatic carbocycles. The summed E-state index contributed by atoms with van der Waals surface area (Å²) in [5, 5.41) is 3.43. The average Bonchev–Trinajstić information content (AvgIpc) is 3.15.